The normalized spacial score (nSPS) is 10.7. The molecular weight excluding hydrogens is 844 g/mol. The number of nitrogens with zero attached hydrogens (tertiary/aromatic N) is 6. The van der Waals surface area contributed by atoms with Crippen LogP contribution in [0.2, 0.25) is 5.15 Å². The van der Waals surface area contributed by atoms with Gasteiger partial charge in [0.1, 0.15) is 59.1 Å². The van der Waals surface area contributed by atoms with Crippen molar-refractivity contribution in [3.63, 3.8) is 0 Å². The van der Waals surface area contributed by atoms with Crippen LogP contribution in [-0.4, -0.2) is 58.1 Å². The van der Waals surface area contributed by atoms with E-state index in [1.807, 2.05) is 121 Å². The summed E-state index contributed by atoms with van der Waals surface area (Å²) in [6.07, 6.45) is 2.39. The maximum absolute atomic E-state index is 13.5. The second-order valence-electron chi connectivity index (χ2n) is 13.7. The molecule has 0 saturated heterocycles. The van der Waals surface area contributed by atoms with Gasteiger partial charge in [0.05, 0.1) is 6.61 Å². The Kier molecular flexibility index (Phi) is 14.0. The van der Waals surface area contributed by atoms with Crippen LogP contribution in [0.1, 0.15) is 49.9 Å². The molecule has 0 aliphatic rings. The van der Waals surface area contributed by atoms with Gasteiger partial charge in [0.25, 0.3) is 5.91 Å². The number of benzene rings is 4. The summed E-state index contributed by atoms with van der Waals surface area (Å²) in [6, 6.07) is 37.3. The third-order valence-corrected chi connectivity index (χ3v) is 9.74. The number of aromatic nitrogens is 6. The Morgan fingerprint density at radius 3 is 1.59 bits per heavy atom. The Morgan fingerprint density at radius 2 is 1.06 bits per heavy atom. The molecule has 4 heterocycles. The number of ether oxygens (including phenoxy) is 1. The van der Waals surface area contributed by atoms with Crippen molar-refractivity contribution in [3.05, 3.63) is 193 Å². The number of hydrogen-bond donors (Lipinski definition) is 4. The van der Waals surface area contributed by atoms with Crippen molar-refractivity contribution in [2.24, 2.45) is 0 Å². The van der Waals surface area contributed by atoms with Gasteiger partial charge in [-0.15, -0.1) is 9.46 Å². The lowest BCUT2D eigenvalue weighted by atomic mass is 10.1. The number of rotatable bonds is 14. The molecule has 17 nitrogen and oxygen atoms in total. The summed E-state index contributed by atoms with van der Waals surface area (Å²) in [4.78, 5) is 79.2. The molecule has 0 radical (unpaired) electrons. The van der Waals surface area contributed by atoms with Crippen LogP contribution in [0.3, 0.4) is 0 Å². The molecule has 18 heteroatoms. The number of carbonyl (C=O) groups is 2. The fourth-order valence-electron chi connectivity index (χ4n) is 6.35. The van der Waals surface area contributed by atoms with Gasteiger partial charge < -0.3 is 35.3 Å². The zero-order valence-electron chi connectivity index (χ0n) is 34.1. The highest BCUT2D eigenvalue weighted by atomic mass is 35.5. The minimum Gasteiger partial charge on any atom is -0.506 e. The Hall–Kier alpha value is -8.31. The first-order chi connectivity index (χ1) is 31.2. The van der Waals surface area contributed by atoms with Crippen LogP contribution in [0.5, 0.6) is 11.5 Å². The van der Waals surface area contributed by atoms with Crippen LogP contribution in [0.25, 0.3) is 22.1 Å². The van der Waals surface area contributed by atoms with Gasteiger partial charge in [-0.1, -0.05) is 133 Å². The smallest absolute Gasteiger partial charge is 0.347 e. The van der Waals surface area contributed by atoms with Crippen molar-refractivity contribution in [2.45, 2.75) is 33.2 Å². The second kappa shape index (κ2) is 20.5. The minimum atomic E-state index is -0.992. The average molecular weight is 883 g/mol. The largest absolute Gasteiger partial charge is 0.506 e. The monoisotopic (exact) mass is 882 g/mol. The first-order valence-corrected chi connectivity index (χ1v) is 20.1. The van der Waals surface area contributed by atoms with Gasteiger partial charge in [0.2, 0.25) is 0 Å². The van der Waals surface area contributed by atoms with Crippen molar-refractivity contribution in [1.82, 2.24) is 34.7 Å². The lowest BCUT2D eigenvalue weighted by Crippen LogP contribution is -2.36. The maximum atomic E-state index is 13.5. The van der Waals surface area contributed by atoms with Crippen LogP contribution in [0.15, 0.2) is 144 Å². The highest BCUT2D eigenvalue weighted by Crippen LogP contribution is 2.32. The summed E-state index contributed by atoms with van der Waals surface area (Å²) in [7, 11) is 0. The third kappa shape index (κ3) is 9.90. The molecule has 8 aromatic rings. The van der Waals surface area contributed by atoms with E-state index in [4.69, 9.17) is 26.0 Å². The van der Waals surface area contributed by atoms with Crippen molar-refractivity contribution < 1.29 is 34.2 Å². The lowest BCUT2D eigenvalue weighted by molar-refractivity contribution is 0.0507. The Labute approximate surface area is 369 Å². The van der Waals surface area contributed by atoms with Crippen molar-refractivity contribution in [3.8, 4) is 11.5 Å². The highest BCUT2D eigenvalue weighted by Gasteiger charge is 2.28. The maximum Gasteiger partial charge on any atom is 0.347 e. The molecule has 324 valence electrons. The minimum absolute atomic E-state index is 0.0274. The molecule has 64 heavy (non-hydrogen) atoms. The van der Waals surface area contributed by atoms with Crippen LogP contribution in [0.4, 0.5) is 5.82 Å². The number of nitrogens with one attached hydrogen (secondary N) is 2. The van der Waals surface area contributed by atoms with Crippen LogP contribution in [0, 0.1) is 0 Å². The van der Waals surface area contributed by atoms with Crippen LogP contribution < -0.4 is 31.4 Å². The van der Waals surface area contributed by atoms with Gasteiger partial charge in [-0.3, -0.25) is 14.4 Å². The molecule has 0 bridgehead atoms. The number of hydrogen-bond acceptors (Lipinski definition) is 14. The SMILES string of the molecule is CCOC(=O)c1c(O)c2c(Cl)ncnc2n(OCc2ccccc2)c1=O.O=C(NCc1ccccc1)c1c(O)c2c(NCc3ccccc3)ncnc2n(OCc2ccccc2)c1=O. The molecule has 1 amide bonds. The van der Waals surface area contributed by atoms with E-state index in [0.29, 0.717) is 6.54 Å². The summed E-state index contributed by atoms with van der Waals surface area (Å²) in [5.74, 6) is -2.65. The molecule has 0 saturated carbocycles. The fraction of sp³-hybridized carbons (Fsp3) is 0.130. The molecule has 0 unspecified atom stereocenters. The first kappa shape index (κ1) is 43.8. The van der Waals surface area contributed by atoms with Gasteiger partial charge in [-0.05, 0) is 29.2 Å². The summed E-state index contributed by atoms with van der Waals surface area (Å²) in [5.41, 5.74) is 0.616. The van der Waals surface area contributed by atoms with E-state index in [1.165, 1.54) is 6.33 Å². The number of halogens is 1. The molecule has 8 rings (SSSR count). The molecule has 4 aromatic heterocycles. The standard InChI is InChI=1S/C29H25N5O4.C17H14ClN3O5/c35-25-23-26(30-16-20-10-4-1-5-11-20)32-19-33-27(23)34(38-18-22-14-8-3-9-15-22)29(37)24(25)28(36)31-17-21-12-6-2-7-13-21;1-2-25-17(24)12-13(22)11-14(18)19-9-20-15(11)21(16(12)23)26-8-10-6-4-3-5-7-10/h1-15,19,35H,16-18H2,(H,31,36)(H,30,32,33);3-7,9,22H,2,8H2,1H3. The third-order valence-electron chi connectivity index (χ3n) is 9.45. The number of pyridine rings is 2. The quantitative estimate of drug-likeness (QED) is 0.0769. The van der Waals surface area contributed by atoms with Crippen LogP contribution in [-0.2, 0) is 31.0 Å². The Balaban J connectivity index is 0.000000206. The predicted octanol–water partition coefficient (Wildman–Crippen LogP) is 5.62. The number of fused-ring (bicyclic) bond motifs is 2. The van der Waals surface area contributed by atoms with Gasteiger partial charge in [0.15, 0.2) is 22.4 Å². The van der Waals surface area contributed by atoms with E-state index in [1.54, 1.807) is 6.92 Å². The van der Waals surface area contributed by atoms with Gasteiger partial charge in [0, 0.05) is 13.1 Å². The molecule has 4 N–H and O–H groups in total. The molecule has 4 aromatic carbocycles. The first-order valence-electron chi connectivity index (χ1n) is 19.7. The lowest BCUT2D eigenvalue weighted by Gasteiger charge is -2.17. The van der Waals surface area contributed by atoms with E-state index in [-0.39, 0.29) is 59.4 Å². The summed E-state index contributed by atoms with van der Waals surface area (Å²) in [6.45, 7) is 2.25. The summed E-state index contributed by atoms with van der Waals surface area (Å²) < 4.78 is 6.59. The summed E-state index contributed by atoms with van der Waals surface area (Å²) in [5, 5.41) is 27.4. The van der Waals surface area contributed by atoms with Gasteiger partial charge in [-0.25, -0.2) is 24.7 Å². The number of carbonyl (C=O) groups excluding carboxylic acids is 2. The molecular formula is C46H39ClN8O9. The topological polar surface area (TPSA) is 222 Å². The van der Waals surface area contributed by atoms with E-state index in [9.17, 15) is 29.4 Å². The Bertz CT molecular complexity index is 3030. The molecule has 0 atom stereocenters. The average Bonchev–Trinajstić information content (AvgIpc) is 3.31. The van der Waals surface area contributed by atoms with E-state index in [0.717, 1.165) is 38.0 Å². The highest BCUT2D eigenvalue weighted by molar-refractivity contribution is 6.34. The summed E-state index contributed by atoms with van der Waals surface area (Å²) >= 11 is 6.02. The number of anilines is 1. The molecule has 0 aliphatic heterocycles. The number of aromatic hydroxyl groups is 2. The van der Waals surface area contributed by atoms with E-state index in [2.05, 4.69) is 30.6 Å². The van der Waals surface area contributed by atoms with Crippen molar-refractivity contribution >= 4 is 51.4 Å². The van der Waals surface area contributed by atoms with Crippen molar-refractivity contribution in [2.75, 3.05) is 11.9 Å². The molecule has 0 fully saturated rings. The van der Waals surface area contributed by atoms with Gasteiger partial charge >= 0.3 is 17.1 Å². The van der Waals surface area contributed by atoms with E-state index < -0.39 is 45.6 Å². The number of amides is 1. The van der Waals surface area contributed by atoms with Gasteiger partial charge in [-0.2, -0.15) is 0 Å². The molecule has 0 aliphatic carbocycles. The second-order valence-corrected chi connectivity index (χ2v) is 14.0. The zero-order valence-corrected chi connectivity index (χ0v) is 34.8. The molecule has 0 spiro atoms. The van der Waals surface area contributed by atoms with E-state index >= 15 is 0 Å². The predicted molar refractivity (Wildman–Crippen MR) is 237 cm³/mol. The fourth-order valence-corrected chi connectivity index (χ4v) is 6.57. The van der Waals surface area contributed by atoms with Crippen molar-refractivity contribution in [1.29, 1.82) is 0 Å². The Morgan fingerprint density at radius 1 is 0.609 bits per heavy atom. The van der Waals surface area contributed by atoms with Crippen LogP contribution >= 0.6 is 11.6 Å². The number of esters is 1. The zero-order chi connectivity index (χ0) is 45.0.